The highest BCUT2D eigenvalue weighted by molar-refractivity contribution is 6.05. The molecule has 1 aliphatic carbocycles. The van der Waals surface area contributed by atoms with Gasteiger partial charge in [-0.25, -0.2) is 9.97 Å². The molecular weight excluding hydrogens is 402 g/mol. The molecule has 0 radical (unpaired) electrons. The zero-order valence-corrected chi connectivity index (χ0v) is 18.3. The number of aromatic nitrogens is 5. The van der Waals surface area contributed by atoms with Crippen LogP contribution in [0.4, 0.5) is 17.5 Å². The minimum atomic E-state index is -0.00634. The summed E-state index contributed by atoms with van der Waals surface area (Å²) in [4.78, 5) is 28.8. The lowest BCUT2D eigenvalue weighted by atomic mass is 10.2. The van der Waals surface area contributed by atoms with E-state index in [9.17, 15) is 4.79 Å². The van der Waals surface area contributed by atoms with Gasteiger partial charge in [0.25, 0.3) is 5.56 Å². The second-order valence-corrected chi connectivity index (χ2v) is 8.93. The van der Waals surface area contributed by atoms with Crippen molar-refractivity contribution in [2.24, 2.45) is 7.05 Å². The van der Waals surface area contributed by atoms with Crippen molar-refractivity contribution >= 4 is 39.5 Å². The molecule has 8 heteroatoms. The molecule has 2 fully saturated rings. The van der Waals surface area contributed by atoms with Crippen molar-refractivity contribution in [2.45, 2.75) is 44.6 Å². The van der Waals surface area contributed by atoms with Gasteiger partial charge in [-0.2, -0.15) is 4.98 Å². The Labute approximate surface area is 185 Å². The highest BCUT2D eigenvalue weighted by Gasteiger charge is 2.24. The third-order valence-corrected chi connectivity index (χ3v) is 6.95. The van der Waals surface area contributed by atoms with Crippen molar-refractivity contribution in [3.63, 3.8) is 0 Å². The average Bonchev–Trinajstić information content (AvgIpc) is 3.57. The van der Waals surface area contributed by atoms with Crippen LogP contribution in [0.25, 0.3) is 22.1 Å². The van der Waals surface area contributed by atoms with E-state index >= 15 is 0 Å². The second-order valence-electron chi connectivity index (χ2n) is 8.93. The molecule has 0 amide bonds. The molecule has 1 aliphatic heterocycles. The van der Waals surface area contributed by atoms with Crippen molar-refractivity contribution in [3.8, 4) is 0 Å². The van der Waals surface area contributed by atoms with Gasteiger partial charge in [-0.15, -0.1) is 0 Å². The number of nitrogens with zero attached hydrogens (tertiary/aromatic N) is 6. The summed E-state index contributed by atoms with van der Waals surface area (Å²) in [6, 6.07) is 7.96. The summed E-state index contributed by atoms with van der Waals surface area (Å²) in [5.41, 5.74) is 2.96. The molecule has 164 valence electrons. The number of pyridine rings is 2. The molecule has 0 spiro atoms. The number of aryl methyl sites for hydroxylation is 1. The van der Waals surface area contributed by atoms with Crippen LogP contribution in [-0.2, 0) is 7.05 Å². The van der Waals surface area contributed by atoms with E-state index in [1.165, 1.54) is 25.7 Å². The summed E-state index contributed by atoms with van der Waals surface area (Å²) < 4.78 is 4.00. The molecule has 4 aromatic heterocycles. The predicted octanol–water partition coefficient (Wildman–Crippen LogP) is 4.14. The highest BCUT2D eigenvalue weighted by atomic mass is 16.1. The first-order valence-electron chi connectivity index (χ1n) is 11.5. The molecule has 1 N–H and O–H groups in total. The maximum absolute atomic E-state index is 12.4. The minimum Gasteiger partial charge on any atom is -0.370 e. The Morgan fingerprint density at radius 2 is 1.75 bits per heavy atom. The Morgan fingerprint density at radius 1 is 0.938 bits per heavy atom. The van der Waals surface area contributed by atoms with Crippen LogP contribution < -0.4 is 15.8 Å². The van der Waals surface area contributed by atoms with Crippen molar-refractivity contribution in [1.82, 2.24) is 24.1 Å². The van der Waals surface area contributed by atoms with E-state index in [1.807, 2.05) is 31.6 Å². The molecule has 1 saturated carbocycles. The van der Waals surface area contributed by atoms with Gasteiger partial charge in [-0.1, -0.05) is 12.8 Å². The van der Waals surface area contributed by atoms with Crippen LogP contribution in [0, 0.1) is 0 Å². The van der Waals surface area contributed by atoms with Crippen LogP contribution in [0.3, 0.4) is 0 Å². The zero-order valence-electron chi connectivity index (χ0n) is 18.3. The van der Waals surface area contributed by atoms with Crippen LogP contribution in [0.1, 0.15) is 44.6 Å². The van der Waals surface area contributed by atoms with Crippen molar-refractivity contribution < 1.29 is 0 Å². The lowest BCUT2D eigenvalue weighted by Gasteiger charge is -2.17. The van der Waals surface area contributed by atoms with Crippen molar-refractivity contribution in [2.75, 3.05) is 23.3 Å². The SMILES string of the molecule is Cn1c(=O)ccc2c3cnc(Nc4ccc(N5CCCC5)cn4)nc3n(C3CCCC3)c21. The summed E-state index contributed by atoms with van der Waals surface area (Å²) in [6.45, 7) is 2.20. The molecule has 2 aliphatic rings. The Balaban J connectivity index is 1.41. The number of hydrogen-bond acceptors (Lipinski definition) is 6. The Morgan fingerprint density at radius 3 is 2.50 bits per heavy atom. The Kier molecular flexibility index (Phi) is 4.59. The first kappa shape index (κ1) is 19.3. The lowest BCUT2D eigenvalue weighted by Crippen LogP contribution is -2.18. The van der Waals surface area contributed by atoms with E-state index in [0.29, 0.717) is 12.0 Å². The van der Waals surface area contributed by atoms with Crippen LogP contribution in [0.2, 0.25) is 0 Å². The summed E-state index contributed by atoms with van der Waals surface area (Å²) in [5.74, 6) is 1.24. The normalized spacial score (nSPS) is 17.1. The monoisotopic (exact) mass is 429 g/mol. The smallest absolute Gasteiger partial charge is 0.251 e. The molecule has 6 rings (SSSR count). The van der Waals surface area contributed by atoms with Crippen LogP contribution in [-0.4, -0.2) is 37.2 Å². The van der Waals surface area contributed by atoms with E-state index < -0.39 is 0 Å². The zero-order chi connectivity index (χ0) is 21.7. The van der Waals surface area contributed by atoms with E-state index in [1.54, 1.807) is 10.6 Å². The molecule has 0 bridgehead atoms. The van der Waals surface area contributed by atoms with Gasteiger partial charge in [-0.05, 0) is 43.9 Å². The maximum atomic E-state index is 12.4. The number of anilines is 3. The van der Waals surface area contributed by atoms with Gasteiger partial charge in [0.2, 0.25) is 5.95 Å². The van der Waals surface area contributed by atoms with E-state index in [2.05, 4.69) is 30.8 Å². The molecule has 32 heavy (non-hydrogen) atoms. The van der Waals surface area contributed by atoms with Crippen molar-refractivity contribution in [1.29, 1.82) is 0 Å². The van der Waals surface area contributed by atoms with E-state index in [0.717, 1.165) is 59.5 Å². The lowest BCUT2D eigenvalue weighted by molar-refractivity contribution is 0.537. The molecule has 5 heterocycles. The molecule has 0 aromatic carbocycles. The Bertz CT molecular complexity index is 1340. The van der Waals surface area contributed by atoms with Crippen LogP contribution >= 0.6 is 0 Å². The number of fused-ring (bicyclic) bond motifs is 3. The van der Waals surface area contributed by atoms with Gasteiger partial charge >= 0.3 is 0 Å². The predicted molar refractivity (Wildman–Crippen MR) is 127 cm³/mol. The maximum Gasteiger partial charge on any atom is 0.251 e. The molecule has 0 atom stereocenters. The average molecular weight is 430 g/mol. The van der Waals surface area contributed by atoms with Gasteiger partial charge in [0.05, 0.1) is 11.9 Å². The highest BCUT2D eigenvalue weighted by Crippen LogP contribution is 2.37. The quantitative estimate of drug-likeness (QED) is 0.525. The first-order chi connectivity index (χ1) is 15.7. The summed E-state index contributed by atoms with van der Waals surface area (Å²) in [6.07, 6.45) is 10.9. The van der Waals surface area contributed by atoms with Crippen molar-refractivity contribution in [3.05, 3.63) is 47.0 Å². The topological polar surface area (TPSA) is 80.9 Å². The summed E-state index contributed by atoms with van der Waals surface area (Å²) >= 11 is 0. The minimum absolute atomic E-state index is 0.00634. The standard InChI is InChI=1S/C24H27N7O/c1-29-21(32)11-9-18-19-15-26-24(28-22(19)31(23(18)29)16-6-2-3-7-16)27-20-10-8-17(14-25-20)30-12-4-5-13-30/h8-11,14-16H,2-7,12-13H2,1H3,(H,25,26,27,28). The fourth-order valence-corrected chi connectivity index (χ4v) is 5.28. The molecular formula is C24H27N7O. The van der Waals surface area contributed by atoms with Gasteiger partial charge in [0.15, 0.2) is 0 Å². The van der Waals surface area contributed by atoms with Gasteiger partial charge in [0, 0.05) is 49.2 Å². The molecule has 4 aromatic rings. The third-order valence-electron chi connectivity index (χ3n) is 6.95. The number of nitrogens with one attached hydrogen (secondary N) is 1. The van der Waals surface area contributed by atoms with Gasteiger partial charge in [0.1, 0.15) is 17.1 Å². The summed E-state index contributed by atoms with van der Waals surface area (Å²) in [7, 11) is 1.84. The fraction of sp³-hybridized carbons (Fsp3) is 0.417. The van der Waals surface area contributed by atoms with E-state index in [4.69, 9.17) is 4.98 Å². The first-order valence-corrected chi connectivity index (χ1v) is 11.5. The van der Waals surface area contributed by atoms with Gasteiger partial charge in [-0.3, -0.25) is 9.36 Å². The summed E-state index contributed by atoms with van der Waals surface area (Å²) in [5, 5.41) is 5.27. The largest absolute Gasteiger partial charge is 0.370 e. The molecule has 0 unspecified atom stereocenters. The van der Waals surface area contributed by atoms with E-state index in [-0.39, 0.29) is 5.56 Å². The Hall–Kier alpha value is -3.42. The van der Waals surface area contributed by atoms with Gasteiger partial charge < -0.3 is 14.8 Å². The second kappa shape index (κ2) is 7.62. The number of hydrogen-bond donors (Lipinski definition) is 1. The third kappa shape index (κ3) is 3.13. The van der Waals surface area contributed by atoms with Crippen LogP contribution in [0.15, 0.2) is 41.5 Å². The molecule has 8 nitrogen and oxygen atoms in total. The van der Waals surface area contributed by atoms with Crippen LogP contribution in [0.5, 0.6) is 0 Å². The molecule has 1 saturated heterocycles. The fourth-order valence-electron chi connectivity index (χ4n) is 5.28. The number of rotatable bonds is 4.